The van der Waals surface area contributed by atoms with E-state index in [1.807, 2.05) is 6.92 Å². The first kappa shape index (κ1) is 10.5. The molecule has 1 nitrogen and oxygen atoms in total. The molecule has 13 heavy (non-hydrogen) atoms. The molecular formula is C9H10F2OS. The topological polar surface area (TPSA) is 20.2 Å². The minimum atomic E-state index is -0.852. The van der Waals surface area contributed by atoms with E-state index in [1.54, 1.807) is 0 Å². The molecular weight excluding hydrogens is 194 g/mol. The predicted molar refractivity (Wildman–Crippen MR) is 48.8 cm³/mol. The molecule has 0 aliphatic rings. The summed E-state index contributed by atoms with van der Waals surface area (Å²) in [7, 11) is 0. The van der Waals surface area contributed by atoms with Crippen LogP contribution in [0.5, 0.6) is 0 Å². The van der Waals surface area contributed by atoms with Gasteiger partial charge in [-0.2, -0.15) is 0 Å². The molecule has 0 aromatic heterocycles. The van der Waals surface area contributed by atoms with Gasteiger partial charge in [0.25, 0.3) is 0 Å². The Morgan fingerprint density at radius 2 is 2.08 bits per heavy atom. The second-order valence-electron chi connectivity index (χ2n) is 2.69. The van der Waals surface area contributed by atoms with Crippen molar-refractivity contribution in [3.05, 3.63) is 29.8 Å². The summed E-state index contributed by atoms with van der Waals surface area (Å²) in [5, 5.41) is 8.72. The summed E-state index contributed by atoms with van der Waals surface area (Å²) in [6.45, 7) is 1.83. The lowest BCUT2D eigenvalue weighted by Crippen LogP contribution is -2.01. The lowest BCUT2D eigenvalue weighted by molar-refractivity contribution is 0.300. The van der Waals surface area contributed by atoms with Gasteiger partial charge in [0, 0.05) is 10.1 Å². The van der Waals surface area contributed by atoms with E-state index in [2.05, 4.69) is 0 Å². The van der Waals surface area contributed by atoms with Crippen LogP contribution in [0.25, 0.3) is 0 Å². The van der Waals surface area contributed by atoms with E-state index in [4.69, 9.17) is 5.11 Å². The van der Waals surface area contributed by atoms with Crippen molar-refractivity contribution in [1.29, 1.82) is 0 Å². The van der Waals surface area contributed by atoms with Crippen molar-refractivity contribution in [3.63, 3.8) is 0 Å². The Balaban J connectivity index is 2.73. The van der Waals surface area contributed by atoms with Gasteiger partial charge in [-0.3, -0.25) is 0 Å². The molecule has 1 aromatic rings. The monoisotopic (exact) mass is 204 g/mol. The van der Waals surface area contributed by atoms with Crippen LogP contribution in [0, 0.1) is 11.6 Å². The molecule has 4 heteroatoms. The molecule has 0 aliphatic heterocycles. The van der Waals surface area contributed by atoms with Gasteiger partial charge < -0.3 is 5.11 Å². The fraction of sp³-hybridized carbons (Fsp3) is 0.333. The zero-order chi connectivity index (χ0) is 9.84. The molecule has 0 amide bonds. The molecule has 1 aromatic carbocycles. The maximum Gasteiger partial charge on any atom is 0.159 e. The SMILES string of the molecule is CC(CO)Sc1ccc(F)c(F)c1. The maximum atomic E-state index is 12.7. The number of hydrogen-bond acceptors (Lipinski definition) is 2. The van der Waals surface area contributed by atoms with E-state index in [1.165, 1.54) is 17.8 Å². The van der Waals surface area contributed by atoms with Crippen molar-refractivity contribution in [3.8, 4) is 0 Å². The highest BCUT2D eigenvalue weighted by Crippen LogP contribution is 2.24. The van der Waals surface area contributed by atoms with Gasteiger partial charge in [0.2, 0.25) is 0 Å². The second-order valence-corrected chi connectivity index (χ2v) is 4.20. The number of rotatable bonds is 3. The van der Waals surface area contributed by atoms with Crippen LogP contribution in [0.4, 0.5) is 8.78 Å². The van der Waals surface area contributed by atoms with Gasteiger partial charge in [-0.25, -0.2) is 8.78 Å². The van der Waals surface area contributed by atoms with Crippen LogP contribution in [0.3, 0.4) is 0 Å². The second kappa shape index (κ2) is 4.58. The molecule has 0 fully saturated rings. The first-order chi connectivity index (χ1) is 6.13. The number of benzene rings is 1. The van der Waals surface area contributed by atoms with E-state index in [9.17, 15) is 8.78 Å². The average molecular weight is 204 g/mol. The highest BCUT2D eigenvalue weighted by molar-refractivity contribution is 8.00. The highest BCUT2D eigenvalue weighted by atomic mass is 32.2. The highest BCUT2D eigenvalue weighted by Gasteiger charge is 2.06. The lowest BCUT2D eigenvalue weighted by atomic mass is 10.3. The van der Waals surface area contributed by atoms with E-state index in [0.717, 1.165) is 12.1 Å². The van der Waals surface area contributed by atoms with Crippen molar-refractivity contribution in [2.45, 2.75) is 17.1 Å². The summed E-state index contributed by atoms with van der Waals surface area (Å²) in [5.41, 5.74) is 0. The molecule has 1 rings (SSSR count). The summed E-state index contributed by atoms with van der Waals surface area (Å²) in [4.78, 5) is 0.625. The number of thioether (sulfide) groups is 1. The van der Waals surface area contributed by atoms with Gasteiger partial charge in [-0.15, -0.1) is 11.8 Å². The van der Waals surface area contributed by atoms with E-state index >= 15 is 0 Å². The minimum Gasteiger partial charge on any atom is -0.395 e. The third-order valence-electron chi connectivity index (χ3n) is 1.49. The smallest absolute Gasteiger partial charge is 0.159 e. The molecule has 0 aliphatic carbocycles. The Bertz CT molecular complexity index is 291. The van der Waals surface area contributed by atoms with Gasteiger partial charge in [-0.05, 0) is 18.2 Å². The van der Waals surface area contributed by atoms with Crippen molar-refractivity contribution in [1.82, 2.24) is 0 Å². The Morgan fingerprint density at radius 3 is 2.62 bits per heavy atom. The summed E-state index contributed by atoms with van der Waals surface area (Å²) in [6, 6.07) is 3.71. The molecule has 1 N–H and O–H groups in total. The summed E-state index contributed by atoms with van der Waals surface area (Å²) in [5.74, 6) is -1.70. The maximum absolute atomic E-state index is 12.7. The van der Waals surface area contributed by atoms with Crippen LogP contribution >= 0.6 is 11.8 Å². The molecule has 0 bridgehead atoms. The standard InChI is InChI=1S/C9H10F2OS/c1-6(5-12)13-7-2-3-8(10)9(11)4-7/h2-4,6,12H,5H2,1H3. The molecule has 0 radical (unpaired) electrons. The molecule has 1 unspecified atom stereocenters. The predicted octanol–water partition coefficient (Wildman–Crippen LogP) is 2.44. The van der Waals surface area contributed by atoms with E-state index in [-0.39, 0.29) is 11.9 Å². The summed E-state index contributed by atoms with van der Waals surface area (Å²) in [6.07, 6.45) is 0. The van der Waals surface area contributed by atoms with Gasteiger partial charge in [0.05, 0.1) is 6.61 Å². The van der Waals surface area contributed by atoms with Crippen LogP contribution in [-0.2, 0) is 0 Å². The van der Waals surface area contributed by atoms with Gasteiger partial charge in [0.1, 0.15) is 0 Å². The zero-order valence-electron chi connectivity index (χ0n) is 7.13. The Labute approximate surface area is 79.8 Å². The number of hydrogen-bond donors (Lipinski definition) is 1. The number of aliphatic hydroxyl groups is 1. The Morgan fingerprint density at radius 1 is 1.38 bits per heavy atom. The average Bonchev–Trinajstić information content (AvgIpc) is 2.11. The Kier molecular flexibility index (Phi) is 3.69. The molecule has 1 atom stereocenters. The largest absolute Gasteiger partial charge is 0.395 e. The number of aliphatic hydroxyl groups excluding tert-OH is 1. The fourth-order valence-electron chi connectivity index (χ4n) is 0.820. The Hall–Kier alpha value is -0.610. The molecule has 72 valence electrons. The molecule has 0 saturated carbocycles. The molecule has 0 spiro atoms. The quantitative estimate of drug-likeness (QED) is 0.763. The van der Waals surface area contributed by atoms with Crippen molar-refractivity contribution >= 4 is 11.8 Å². The molecule has 0 saturated heterocycles. The summed E-state index contributed by atoms with van der Waals surface area (Å²) < 4.78 is 25.2. The van der Waals surface area contributed by atoms with Crippen LogP contribution in [-0.4, -0.2) is 17.0 Å². The third-order valence-corrected chi connectivity index (χ3v) is 2.56. The van der Waals surface area contributed by atoms with Crippen molar-refractivity contribution in [2.24, 2.45) is 0 Å². The van der Waals surface area contributed by atoms with Crippen LogP contribution in [0.1, 0.15) is 6.92 Å². The minimum absolute atomic E-state index is 0.00939. The normalized spacial score (nSPS) is 12.9. The molecule has 0 heterocycles. The van der Waals surface area contributed by atoms with E-state index in [0.29, 0.717) is 4.90 Å². The van der Waals surface area contributed by atoms with Crippen LogP contribution in [0.2, 0.25) is 0 Å². The van der Waals surface area contributed by atoms with E-state index < -0.39 is 11.6 Å². The lowest BCUT2D eigenvalue weighted by Gasteiger charge is -2.06. The van der Waals surface area contributed by atoms with Gasteiger partial charge >= 0.3 is 0 Å². The van der Waals surface area contributed by atoms with Crippen LogP contribution in [0.15, 0.2) is 23.1 Å². The van der Waals surface area contributed by atoms with Gasteiger partial charge in [0.15, 0.2) is 11.6 Å². The first-order valence-corrected chi connectivity index (χ1v) is 4.74. The number of halogens is 2. The zero-order valence-corrected chi connectivity index (χ0v) is 7.94. The van der Waals surface area contributed by atoms with Crippen molar-refractivity contribution < 1.29 is 13.9 Å². The summed E-state index contributed by atoms with van der Waals surface area (Å²) >= 11 is 1.31. The van der Waals surface area contributed by atoms with Gasteiger partial charge in [-0.1, -0.05) is 6.92 Å². The fourth-order valence-corrected chi connectivity index (χ4v) is 1.68. The van der Waals surface area contributed by atoms with Crippen LogP contribution < -0.4 is 0 Å². The van der Waals surface area contributed by atoms with Crippen molar-refractivity contribution in [2.75, 3.05) is 6.61 Å². The third kappa shape index (κ3) is 2.97. The first-order valence-electron chi connectivity index (χ1n) is 3.86.